The topological polar surface area (TPSA) is 366 Å². The zero-order valence-electron chi connectivity index (χ0n) is 75.0. The number of alkyl carbamates (subject to hydrolysis) is 1. The molecular formula is C82H67F36N13O18. The van der Waals surface area contributed by atoms with Crippen molar-refractivity contribution in [1.82, 2.24) is 60.7 Å². The van der Waals surface area contributed by atoms with Crippen LogP contribution in [0.5, 0.6) is 69.0 Å². The van der Waals surface area contributed by atoms with Crippen molar-refractivity contribution in [2.75, 3.05) is 97.7 Å². The number of amides is 5. The van der Waals surface area contributed by atoms with Gasteiger partial charge in [-0.25, -0.2) is 34.7 Å². The fraction of sp³-hybridized carbons (Fsp3) is 0.476. The van der Waals surface area contributed by atoms with Crippen LogP contribution in [0.3, 0.4) is 0 Å². The van der Waals surface area contributed by atoms with E-state index in [9.17, 15) is 182 Å². The Morgan fingerprint density at radius 1 is 0.376 bits per heavy atom. The number of carbonyl (C=O) groups excluding carboxylic acids is 5. The smallest absolute Gasteiger partial charge is 0.422 e. The Morgan fingerprint density at radius 3 is 1.00 bits per heavy atom. The quantitative estimate of drug-likeness (QED) is 0.0201. The number of alkyl halides is 36. The zero-order chi connectivity index (χ0) is 111. The highest BCUT2D eigenvalue weighted by Crippen LogP contribution is 2.62. The van der Waals surface area contributed by atoms with Crippen LogP contribution in [0.1, 0.15) is 53.0 Å². The second-order valence-corrected chi connectivity index (χ2v) is 33.0. The van der Waals surface area contributed by atoms with Crippen LogP contribution in [0.15, 0.2) is 48.5 Å². The molecule has 3 aliphatic rings. The Bertz CT molecular complexity index is 6450. The molecule has 3 aliphatic heterocycles. The lowest BCUT2D eigenvalue weighted by molar-refractivity contribution is -0.162. The van der Waals surface area contributed by atoms with Crippen molar-refractivity contribution in [3.05, 3.63) is 54.1 Å². The predicted octanol–water partition coefficient (Wildman–Crippen LogP) is 19.5. The Labute approximate surface area is 805 Å². The molecule has 0 aliphatic carbocycles. The fourth-order valence-electron chi connectivity index (χ4n) is 14.0. The minimum Gasteiger partial charge on any atom is -0.479 e. The molecule has 0 saturated carbocycles. The molecule has 3 aromatic heterocycles. The maximum absolute atomic E-state index is 15.0. The van der Waals surface area contributed by atoms with Crippen molar-refractivity contribution in [2.45, 2.75) is 152 Å². The summed E-state index contributed by atoms with van der Waals surface area (Å²) in [4.78, 5) is 98.6. The normalized spacial score (nSPS) is 14.6. The highest BCUT2D eigenvalue weighted by Gasteiger charge is 2.49. The predicted molar refractivity (Wildman–Crippen MR) is 431 cm³/mol. The molecule has 5 amide bonds. The summed E-state index contributed by atoms with van der Waals surface area (Å²) in [7, 11) is 0. The molecule has 149 heavy (non-hydrogen) atoms. The Hall–Kier alpha value is -14.3. The maximum Gasteiger partial charge on any atom is 0.422 e. The summed E-state index contributed by atoms with van der Waals surface area (Å²) in [6.07, 6.45) is -74.2. The van der Waals surface area contributed by atoms with Crippen LogP contribution in [0.2, 0.25) is 0 Å². The molecule has 820 valence electrons. The van der Waals surface area contributed by atoms with E-state index in [1.54, 1.807) is 30.3 Å². The third-order valence-corrected chi connectivity index (χ3v) is 19.3. The van der Waals surface area contributed by atoms with Crippen LogP contribution in [0.4, 0.5) is 169 Å². The van der Waals surface area contributed by atoms with Crippen LogP contribution < -0.4 is 78.1 Å². The molecule has 0 unspecified atom stereocenters. The lowest BCUT2D eigenvalue weighted by Gasteiger charge is -2.31. The number of aromatic nitrogens is 8. The Kier molecular flexibility index (Phi) is 33.3. The van der Waals surface area contributed by atoms with Crippen molar-refractivity contribution in [2.24, 2.45) is 5.92 Å². The van der Waals surface area contributed by atoms with E-state index in [2.05, 4.69) is 79.6 Å². The van der Waals surface area contributed by atoms with Crippen LogP contribution >= 0.6 is 0 Å². The number of rotatable bonds is 35. The van der Waals surface area contributed by atoms with Crippen LogP contribution in [-0.2, 0) is 30.3 Å². The van der Waals surface area contributed by atoms with Gasteiger partial charge in [-0.3, -0.25) is 19.2 Å². The van der Waals surface area contributed by atoms with Crippen molar-refractivity contribution in [1.29, 1.82) is 0 Å². The first-order valence-electron chi connectivity index (χ1n) is 41.6. The number of benzene rings is 5. The molecule has 0 spiro atoms. The molecule has 11 rings (SSSR count). The molecule has 0 radical (unpaired) electrons. The number of aromatic amines is 2. The lowest BCUT2D eigenvalue weighted by Crippen LogP contribution is -2.58. The van der Waals surface area contributed by atoms with E-state index >= 15 is 0 Å². The summed E-state index contributed by atoms with van der Waals surface area (Å²) in [5.74, 6) is -42.8. The van der Waals surface area contributed by atoms with Gasteiger partial charge in [0, 0.05) is 29.8 Å². The van der Waals surface area contributed by atoms with Gasteiger partial charge in [-0.1, -0.05) is 44.2 Å². The molecule has 1 fully saturated rings. The average Bonchev–Trinajstić information content (AvgIpc) is 1.56. The molecule has 6 N–H and O–H groups in total. The van der Waals surface area contributed by atoms with E-state index in [0.717, 1.165) is 4.90 Å². The van der Waals surface area contributed by atoms with Gasteiger partial charge >= 0.3 is 80.2 Å². The van der Waals surface area contributed by atoms with Gasteiger partial charge in [-0.05, 0) is 63.3 Å². The second kappa shape index (κ2) is 43.1. The van der Waals surface area contributed by atoms with E-state index in [0.29, 0.717) is 23.8 Å². The van der Waals surface area contributed by atoms with E-state index in [1.165, 1.54) is 34.6 Å². The number of halogens is 36. The molecule has 31 nitrogen and oxygen atoms in total. The minimum absolute atomic E-state index is 0.0274. The van der Waals surface area contributed by atoms with E-state index < -0.39 is 384 Å². The third-order valence-electron chi connectivity index (χ3n) is 19.3. The van der Waals surface area contributed by atoms with Gasteiger partial charge in [0.15, 0.2) is 137 Å². The molecule has 5 aromatic carbocycles. The van der Waals surface area contributed by atoms with Gasteiger partial charge in [-0.15, -0.1) is 0 Å². The molecule has 1 saturated heterocycles. The summed E-state index contributed by atoms with van der Waals surface area (Å²) in [6.45, 7) is -31.9. The number of anilines is 1. The Morgan fingerprint density at radius 2 is 0.678 bits per heavy atom. The minimum atomic E-state index is -6.16. The number of nitrogens with one attached hydrogen (secondary N) is 6. The van der Waals surface area contributed by atoms with Crippen molar-refractivity contribution in [3.8, 4) is 115 Å². The number of hydrogen-bond acceptors (Lipinski definition) is 24. The first-order chi connectivity index (χ1) is 68.3. The Balaban J connectivity index is 1.31. The summed E-state index contributed by atoms with van der Waals surface area (Å²) in [5, 5.41) is 1.24. The largest absolute Gasteiger partial charge is 0.479 e. The standard InChI is InChI=1S/C82H67F36N13O18/c1-31(2)45(122-66(133)36(16-32-10-7-6-8-11-32)121-69(136)149-70(3,4)5)68(135)131-15-9-12-37(131)67(134)119-18-38(132)120-33-13-14-34-35(17-33)59-123-58(34)124-60-39-41(48(139-21-73(89,90)91)54(145-27-79(107,108)109)52(143-25-77(101,102)103)46(39)137-19-71(83,84)85)62(126-60)128-64-43-44(51(142-24-76(98,99)100)57(148-30-82(116,117)118)56(147-29-81(113,114)115)50(43)141-23-75(95,96)97)65(130-64)129-63-42-40(61(125-59)127-63)47(138-20-72(86,87)88)53(144-26-78(104,105)106)55(146-28-80(110,111)112)49(42)140-22-74(92,93)94/h6-8,10-11,13-14,17,31,36-37,45H,9,12,15-16,18-30H2,1-5H3,(H,119,134)(H,120,132)(H,121,136)(H,122,133)(H2,123,124,125,126,127,128,129,130)/t36-,37-,45-/m0/s1. The summed E-state index contributed by atoms with van der Waals surface area (Å²) in [6, 6.07) is 5.30. The molecule has 6 heterocycles. The van der Waals surface area contributed by atoms with Gasteiger partial charge in [-0.2, -0.15) is 158 Å². The molecule has 3 atom stereocenters. The van der Waals surface area contributed by atoms with Crippen molar-refractivity contribution >= 4 is 79.5 Å². The maximum atomic E-state index is 15.0. The van der Waals surface area contributed by atoms with Gasteiger partial charge in [0.1, 0.15) is 46.3 Å². The SMILES string of the molecule is CC(C)[C@H](NC(=O)[C@H](Cc1ccccc1)NC(=O)OC(C)(C)C)C(=O)N1CCC[C@H]1C(=O)NCC(=O)Nc1ccc2c(c1)-c1nc-2nc2[nH]c(nc3nc(nc4[nH]c(n1)c1c(OCC(F)(F)F)c(OCC(F)(F)F)c(OCC(F)(F)F)c(OCC(F)(F)F)c41)-c1c(OCC(F)(F)F)c(OCC(F)(F)F)c(OCC(F)(F)F)c(OCC(F)(F)F)c1-3)c1c(OCC(F)(F)F)c(OCC(F)(F)F)c(OCC(F)(F)F)c(OCC(F)(F)F)c21. The van der Waals surface area contributed by atoms with E-state index in [-0.39, 0.29) is 25.8 Å². The lowest BCUT2D eigenvalue weighted by atomic mass is 10.00. The number of likely N-dealkylation sites (tertiary alicyclic amines) is 1. The van der Waals surface area contributed by atoms with Gasteiger partial charge in [0.2, 0.25) is 58.1 Å². The summed E-state index contributed by atoms with van der Waals surface area (Å²) >= 11 is 0. The number of H-pyrrole nitrogens is 2. The second-order valence-electron chi connectivity index (χ2n) is 33.0. The number of nitrogens with zero attached hydrogens (tertiary/aromatic N) is 7. The highest BCUT2D eigenvalue weighted by atomic mass is 19.5. The van der Waals surface area contributed by atoms with Crippen molar-refractivity contribution in [3.63, 3.8) is 0 Å². The van der Waals surface area contributed by atoms with E-state index in [4.69, 9.17) is 33.2 Å². The zero-order valence-corrected chi connectivity index (χ0v) is 75.0. The van der Waals surface area contributed by atoms with E-state index in [1.807, 2.05) is 9.97 Å². The first kappa shape index (κ1) is 115. The first-order valence-corrected chi connectivity index (χ1v) is 41.6. The molecule has 8 bridgehead atoms. The molecular weight excluding hydrogens is 2140 g/mol. The monoisotopic (exact) mass is 2210 g/mol. The van der Waals surface area contributed by atoms with Crippen molar-refractivity contribution < 1.29 is 244 Å². The van der Waals surface area contributed by atoms with Gasteiger partial charge in [0.25, 0.3) is 0 Å². The highest BCUT2D eigenvalue weighted by molar-refractivity contribution is 6.16. The van der Waals surface area contributed by atoms with Gasteiger partial charge < -0.3 is 97.7 Å². The third kappa shape index (κ3) is 31.6. The van der Waals surface area contributed by atoms with Crippen LogP contribution in [0, 0.1) is 5.92 Å². The molecule has 8 aromatic rings. The number of fused-ring (bicyclic) bond motifs is 20. The number of ether oxygens (including phenoxy) is 13. The van der Waals surface area contributed by atoms with Crippen LogP contribution in [-0.4, -0.2) is 265 Å². The number of carbonyl (C=O) groups is 5. The average molecular weight is 2210 g/mol. The molecule has 67 heteroatoms. The summed E-state index contributed by atoms with van der Waals surface area (Å²) in [5.41, 5.74) is -16.0. The number of hydrogen-bond donors (Lipinski definition) is 6. The summed E-state index contributed by atoms with van der Waals surface area (Å²) < 4.78 is 595. The van der Waals surface area contributed by atoms with Crippen LogP contribution in [0.25, 0.3) is 89.7 Å². The van der Waals surface area contributed by atoms with Gasteiger partial charge in [0.05, 0.1) is 39.2 Å². The fourth-order valence-corrected chi connectivity index (χ4v) is 14.0.